The molecular formula is C22H26N4O2. The minimum absolute atomic E-state index is 0.558. The molecule has 0 atom stereocenters. The molecule has 146 valence electrons. The van der Waals surface area contributed by atoms with E-state index in [0.29, 0.717) is 24.0 Å². The number of aryl methyl sites for hydroxylation is 3. The quantitative estimate of drug-likeness (QED) is 0.617. The molecule has 2 aromatic carbocycles. The van der Waals surface area contributed by atoms with Crippen molar-refractivity contribution in [3.63, 3.8) is 0 Å². The molecule has 6 heteroatoms. The van der Waals surface area contributed by atoms with Crippen LogP contribution < -0.4 is 20.1 Å². The molecule has 3 rings (SSSR count). The highest BCUT2D eigenvalue weighted by atomic mass is 16.5. The standard InChI is InChI=1S/C22H26N4O2/c1-14-10-15(2)21(16(3)11-14)25-20-8-9-23-22(26-20)24-13-17-6-7-18(27-4)19(12-17)28-5/h6-12H,13H2,1-5H3,(H2,23,24,25,26). The first kappa shape index (κ1) is 19.5. The maximum atomic E-state index is 5.35. The van der Waals surface area contributed by atoms with Crippen LogP contribution in [0.5, 0.6) is 11.5 Å². The van der Waals surface area contributed by atoms with Gasteiger partial charge in [-0.05, 0) is 55.7 Å². The van der Waals surface area contributed by atoms with Crippen LogP contribution in [0.15, 0.2) is 42.6 Å². The lowest BCUT2D eigenvalue weighted by atomic mass is 10.1. The Balaban J connectivity index is 1.72. The molecule has 1 heterocycles. The van der Waals surface area contributed by atoms with Crippen LogP contribution in [-0.4, -0.2) is 24.2 Å². The Morgan fingerprint density at radius 1 is 0.893 bits per heavy atom. The molecule has 0 spiro atoms. The van der Waals surface area contributed by atoms with Crippen LogP contribution in [0.4, 0.5) is 17.5 Å². The third kappa shape index (κ3) is 4.52. The summed E-state index contributed by atoms with van der Waals surface area (Å²) in [6.07, 6.45) is 1.74. The van der Waals surface area contributed by atoms with Crippen molar-refractivity contribution in [2.75, 3.05) is 24.9 Å². The van der Waals surface area contributed by atoms with Gasteiger partial charge in [-0.3, -0.25) is 0 Å². The average molecular weight is 378 g/mol. The van der Waals surface area contributed by atoms with E-state index in [4.69, 9.17) is 9.47 Å². The molecule has 0 aliphatic carbocycles. The molecule has 0 bridgehead atoms. The maximum absolute atomic E-state index is 5.35. The Morgan fingerprint density at radius 2 is 1.61 bits per heavy atom. The number of hydrogen-bond donors (Lipinski definition) is 2. The SMILES string of the molecule is COc1ccc(CNc2nccc(Nc3c(C)cc(C)cc3C)n2)cc1OC. The van der Waals surface area contributed by atoms with Crippen LogP contribution in [0.1, 0.15) is 22.3 Å². The highest BCUT2D eigenvalue weighted by Gasteiger charge is 2.07. The molecule has 28 heavy (non-hydrogen) atoms. The molecule has 1 aromatic heterocycles. The maximum Gasteiger partial charge on any atom is 0.224 e. The van der Waals surface area contributed by atoms with Crippen molar-refractivity contribution in [3.05, 3.63) is 64.8 Å². The fourth-order valence-electron chi connectivity index (χ4n) is 3.19. The van der Waals surface area contributed by atoms with Gasteiger partial charge in [0.05, 0.1) is 14.2 Å². The second-order valence-corrected chi connectivity index (χ2v) is 6.71. The van der Waals surface area contributed by atoms with Crippen LogP contribution in [0.3, 0.4) is 0 Å². The molecular weight excluding hydrogens is 352 g/mol. The zero-order valence-corrected chi connectivity index (χ0v) is 17.0. The highest BCUT2D eigenvalue weighted by molar-refractivity contribution is 5.65. The van der Waals surface area contributed by atoms with Crippen molar-refractivity contribution >= 4 is 17.5 Å². The van der Waals surface area contributed by atoms with Crippen molar-refractivity contribution in [2.45, 2.75) is 27.3 Å². The number of nitrogens with one attached hydrogen (secondary N) is 2. The van der Waals surface area contributed by atoms with E-state index < -0.39 is 0 Å². The molecule has 6 nitrogen and oxygen atoms in total. The van der Waals surface area contributed by atoms with Gasteiger partial charge in [-0.1, -0.05) is 23.8 Å². The van der Waals surface area contributed by atoms with E-state index in [9.17, 15) is 0 Å². The number of hydrogen-bond acceptors (Lipinski definition) is 6. The Kier molecular flexibility index (Phi) is 5.99. The number of benzene rings is 2. The summed E-state index contributed by atoms with van der Waals surface area (Å²) >= 11 is 0. The summed E-state index contributed by atoms with van der Waals surface area (Å²) in [5.41, 5.74) is 5.76. The molecule has 0 aliphatic rings. The largest absolute Gasteiger partial charge is 0.493 e. The van der Waals surface area contributed by atoms with E-state index in [1.165, 1.54) is 16.7 Å². The molecule has 0 fully saturated rings. The number of methoxy groups -OCH3 is 2. The zero-order chi connectivity index (χ0) is 20.1. The molecule has 0 radical (unpaired) electrons. The number of rotatable bonds is 7. The fraction of sp³-hybridized carbons (Fsp3) is 0.273. The summed E-state index contributed by atoms with van der Waals surface area (Å²) in [6.45, 7) is 6.87. The highest BCUT2D eigenvalue weighted by Crippen LogP contribution is 2.28. The molecule has 0 unspecified atom stereocenters. The van der Waals surface area contributed by atoms with Crippen LogP contribution in [0, 0.1) is 20.8 Å². The topological polar surface area (TPSA) is 68.3 Å². The summed E-state index contributed by atoms with van der Waals surface area (Å²) < 4.78 is 10.6. The Bertz CT molecular complexity index is 949. The summed E-state index contributed by atoms with van der Waals surface area (Å²) in [7, 11) is 3.25. The second kappa shape index (κ2) is 8.61. The molecule has 3 aromatic rings. The van der Waals surface area contributed by atoms with Gasteiger partial charge in [-0.2, -0.15) is 4.98 Å². The third-order valence-corrected chi connectivity index (χ3v) is 4.48. The smallest absolute Gasteiger partial charge is 0.224 e. The number of ether oxygens (including phenoxy) is 2. The van der Waals surface area contributed by atoms with Crippen LogP contribution in [0.2, 0.25) is 0 Å². The van der Waals surface area contributed by atoms with E-state index in [-0.39, 0.29) is 0 Å². The summed E-state index contributed by atoms with van der Waals surface area (Å²) in [5, 5.41) is 6.67. The van der Waals surface area contributed by atoms with Gasteiger partial charge < -0.3 is 20.1 Å². The predicted octanol–water partition coefficient (Wildman–Crippen LogP) is 4.77. The summed E-state index contributed by atoms with van der Waals surface area (Å²) in [4.78, 5) is 8.89. The molecule has 0 amide bonds. The Morgan fingerprint density at radius 3 is 2.29 bits per heavy atom. The van der Waals surface area contributed by atoms with Gasteiger partial charge in [0.15, 0.2) is 11.5 Å². The van der Waals surface area contributed by atoms with Gasteiger partial charge in [0, 0.05) is 18.4 Å². The Labute approximate surface area is 166 Å². The fourth-order valence-corrected chi connectivity index (χ4v) is 3.19. The van der Waals surface area contributed by atoms with E-state index in [0.717, 1.165) is 17.1 Å². The second-order valence-electron chi connectivity index (χ2n) is 6.71. The number of aromatic nitrogens is 2. The van der Waals surface area contributed by atoms with Gasteiger partial charge in [-0.25, -0.2) is 4.98 Å². The van der Waals surface area contributed by atoms with Crippen molar-refractivity contribution in [3.8, 4) is 11.5 Å². The lowest BCUT2D eigenvalue weighted by Gasteiger charge is -2.14. The van der Waals surface area contributed by atoms with Crippen molar-refractivity contribution in [2.24, 2.45) is 0 Å². The van der Waals surface area contributed by atoms with E-state index >= 15 is 0 Å². The van der Waals surface area contributed by atoms with Gasteiger partial charge in [-0.15, -0.1) is 0 Å². The van der Waals surface area contributed by atoms with Crippen LogP contribution in [0.25, 0.3) is 0 Å². The van der Waals surface area contributed by atoms with Crippen molar-refractivity contribution in [1.29, 1.82) is 0 Å². The summed E-state index contributed by atoms with van der Waals surface area (Å²) in [5.74, 6) is 2.71. The monoisotopic (exact) mass is 378 g/mol. The summed E-state index contributed by atoms with van der Waals surface area (Å²) in [6, 6.07) is 12.0. The van der Waals surface area contributed by atoms with Crippen molar-refractivity contribution in [1.82, 2.24) is 9.97 Å². The predicted molar refractivity (Wildman–Crippen MR) is 113 cm³/mol. The lowest BCUT2D eigenvalue weighted by molar-refractivity contribution is 0.354. The first-order valence-corrected chi connectivity index (χ1v) is 9.13. The van der Waals surface area contributed by atoms with Gasteiger partial charge in [0.2, 0.25) is 5.95 Å². The van der Waals surface area contributed by atoms with E-state index in [1.54, 1.807) is 20.4 Å². The molecule has 0 saturated heterocycles. The first-order valence-electron chi connectivity index (χ1n) is 9.13. The van der Waals surface area contributed by atoms with E-state index in [1.807, 2.05) is 24.3 Å². The third-order valence-electron chi connectivity index (χ3n) is 4.48. The van der Waals surface area contributed by atoms with Gasteiger partial charge >= 0.3 is 0 Å². The van der Waals surface area contributed by atoms with Gasteiger partial charge in [0.25, 0.3) is 0 Å². The molecule has 0 saturated carbocycles. The zero-order valence-electron chi connectivity index (χ0n) is 17.0. The van der Waals surface area contributed by atoms with E-state index in [2.05, 4.69) is 53.5 Å². The average Bonchev–Trinajstić information content (AvgIpc) is 2.69. The van der Waals surface area contributed by atoms with Gasteiger partial charge in [0.1, 0.15) is 5.82 Å². The van der Waals surface area contributed by atoms with Crippen molar-refractivity contribution < 1.29 is 9.47 Å². The Hall–Kier alpha value is -3.28. The van der Waals surface area contributed by atoms with Crippen LogP contribution in [-0.2, 0) is 6.54 Å². The van der Waals surface area contributed by atoms with Crippen LogP contribution >= 0.6 is 0 Å². The number of anilines is 3. The normalized spacial score (nSPS) is 10.5. The minimum atomic E-state index is 0.558. The number of nitrogens with zero attached hydrogens (tertiary/aromatic N) is 2. The molecule has 2 N–H and O–H groups in total. The molecule has 0 aliphatic heterocycles. The minimum Gasteiger partial charge on any atom is -0.493 e. The lowest BCUT2D eigenvalue weighted by Crippen LogP contribution is -2.06. The first-order chi connectivity index (χ1) is 13.5.